The van der Waals surface area contributed by atoms with E-state index in [0.29, 0.717) is 37.4 Å². The van der Waals surface area contributed by atoms with Gasteiger partial charge in [0.25, 0.3) is 0 Å². The van der Waals surface area contributed by atoms with Gasteiger partial charge in [-0.2, -0.15) is 4.31 Å². The minimum atomic E-state index is -3.71. The average molecular weight is 399 g/mol. The molecule has 0 aliphatic rings. The summed E-state index contributed by atoms with van der Waals surface area (Å²) in [7, 11) is -2.21. The Bertz CT molecular complexity index is 811. The Hall–Kier alpha value is -1.60. The Labute approximate surface area is 162 Å². The van der Waals surface area contributed by atoms with Crippen molar-refractivity contribution >= 4 is 22.4 Å². The molecule has 0 bridgehead atoms. The van der Waals surface area contributed by atoms with Crippen molar-refractivity contribution in [1.29, 1.82) is 0 Å². The van der Waals surface area contributed by atoms with Crippen LogP contribution in [0.15, 0.2) is 47.4 Å². The lowest BCUT2D eigenvalue weighted by atomic mass is 10.1. The highest BCUT2D eigenvalue weighted by Gasteiger charge is 2.29. The van der Waals surface area contributed by atoms with E-state index in [-0.39, 0.29) is 17.3 Å². The summed E-state index contributed by atoms with van der Waals surface area (Å²) in [5.74, 6) is 0.378. The lowest BCUT2D eigenvalue weighted by Gasteiger charge is -2.24. The maximum Gasteiger partial charge on any atom is 0.247 e. The predicted molar refractivity (Wildman–Crippen MR) is 107 cm³/mol. The van der Waals surface area contributed by atoms with Crippen molar-refractivity contribution in [3.8, 4) is 5.75 Å². The summed E-state index contributed by atoms with van der Waals surface area (Å²) in [6.45, 7) is 4.82. The van der Waals surface area contributed by atoms with Crippen molar-refractivity contribution in [3.05, 3.63) is 59.2 Å². The molecule has 0 saturated carbocycles. The first kappa shape index (κ1) is 22.4. The minimum absolute atomic E-state index is 0. The fourth-order valence-corrected chi connectivity index (χ4v) is 4.67. The molecule has 0 amide bonds. The topological polar surface area (TPSA) is 72.6 Å². The van der Waals surface area contributed by atoms with E-state index in [4.69, 9.17) is 10.5 Å². The Morgan fingerprint density at radius 2 is 1.77 bits per heavy atom. The standard InChI is InChI=1S/C19H26N2O3S.ClH/c1-15-12-16(2)19(18(13-15)24-3)25(22,23)21(11-7-10-20)14-17-8-5-4-6-9-17;/h4-6,8-9,12-13H,7,10-11,14,20H2,1-3H3;1H. The van der Waals surface area contributed by atoms with E-state index >= 15 is 0 Å². The van der Waals surface area contributed by atoms with Gasteiger partial charge in [0.1, 0.15) is 10.6 Å². The van der Waals surface area contributed by atoms with E-state index in [1.54, 1.807) is 13.0 Å². The lowest BCUT2D eigenvalue weighted by molar-refractivity contribution is 0.382. The molecule has 0 aromatic heterocycles. The second-order valence-corrected chi connectivity index (χ2v) is 7.95. The fourth-order valence-electron chi connectivity index (χ4n) is 2.87. The first-order chi connectivity index (χ1) is 11.9. The normalized spacial score (nSPS) is 11.3. The number of aryl methyl sites for hydroxylation is 2. The monoisotopic (exact) mass is 398 g/mol. The zero-order valence-corrected chi connectivity index (χ0v) is 17.1. The van der Waals surface area contributed by atoms with Gasteiger partial charge in [0.05, 0.1) is 7.11 Å². The smallest absolute Gasteiger partial charge is 0.247 e. The molecule has 2 aromatic rings. The molecule has 0 aliphatic heterocycles. The average Bonchev–Trinajstić information content (AvgIpc) is 2.58. The van der Waals surface area contributed by atoms with E-state index in [9.17, 15) is 8.42 Å². The van der Waals surface area contributed by atoms with Gasteiger partial charge in [-0.1, -0.05) is 36.4 Å². The molecule has 0 saturated heterocycles. The summed E-state index contributed by atoms with van der Waals surface area (Å²) in [6.07, 6.45) is 0.597. The molecular formula is C19H27ClN2O3S. The largest absolute Gasteiger partial charge is 0.495 e. The summed E-state index contributed by atoms with van der Waals surface area (Å²) >= 11 is 0. The number of ether oxygens (including phenoxy) is 1. The van der Waals surface area contributed by atoms with Gasteiger partial charge < -0.3 is 10.5 Å². The third-order valence-electron chi connectivity index (χ3n) is 4.02. The summed E-state index contributed by atoms with van der Waals surface area (Å²) in [5.41, 5.74) is 8.19. The van der Waals surface area contributed by atoms with Crippen LogP contribution in [0.5, 0.6) is 5.75 Å². The molecule has 0 atom stereocenters. The summed E-state index contributed by atoms with van der Waals surface area (Å²) in [5, 5.41) is 0. The predicted octanol–water partition coefficient (Wildman–Crippen LogP) is 3.27. The molecule has 0 radical (unpaired) electrons. The van der Waals surface area contributed by atoms with Crippen molar-refractivity contribution < 1.29 is 13.2 Å². The Kier molecular flexibility index (Phi) is 8.56. The molecular weight excluding hydrogens is 372 g/mol. The molecule has 144 valence electrons. The first-order valence-electron chi connectivity index (χ1n) is 8.29. The van der Waals surface area contributed by atoms with Gasteiger partial charge in [0, 0.05) is 13.1 Å². The highest BCUT2D eigenvalue weighted by molar-refractivity contribution is 7.89. The number of nitrogens with two attached hydrogens (primary N) is 1. The van der Waals surface area contributed by atoms with E-state index in [1.165, 1.54) is 11.4 Å². The van der Waals surface area contributed by atoms with Crippen LogP contribution in [0, 0.1) is 13.8 Å². The van der Waals surface area contributed by atoms with Crippen LogP contribution in [-0.2, 0) is 16.6 Å². The number of rotatable bonds is 8. The van der Waals surface area contributed by atoms with Gasteiger partial charge in [0.15, 0.2) is 0 Å². The summed E-state index contributed by atoms with van der Waals surface area (Å²) in [6, 6.07) is 13.2. The van der Waals surface area contributed by atoms with Crippen LogP contribution in [0.25, 0.3) is 0 Å². The molecule has 26 heavy (non-hydrogen) atoms. The Morgan fingerprint density at radius 3 is 2.35 bits per heavy atom. The molecule has 5 nitrogen and oxygen atoms in total. The van der Waals surface area contributed by atoms with Gasteiger partial charge in [-0.25, -0.2) is 8.42 Å². The zero-order valence-electron chi connectivity index (χ0n) is 15.4. The molecule has 0 aliphatic carbocycles. The van der Waals surface area contributed by atoms with Gasteiger partial charge in [-0.05, 0) is 49.6 Å². The number of nitrogens with zero attached hydrogens (tertiary/aromatic N) is 1. The van der Waals surface area contributed by atoms with Gasteiger partial charge in [-0.15, -0.1) is 12.4 Å². The van der Waals surface area contributed by atoms with E-state index in [2.05, 4.69) is 0 Å². The van der Waals surface area contributed by atoms with Crippen LogP contribution in [-0.4, -0.2) is 32.9 Å². The molecule has 2 rings (SSSR count). The van der Waals surface area contributed by atoms with Crippen LogP contribution < -0.4 is 10.5 Å². The van der Waals surface area contributed by atoms with E-state index in [1.807, 2.05) is 43.3 Å². The molecule has 0 spiro atoms. The number of halogens is 1. The zero-order chi connectivity index (χ0) is 18.4. The maximum absolute atomic E-state index is 13.4. The van der Waals surface area contributed by atoms with E-state index < -0.39 is 10.0 Å². The van der Waals surface area contributed by atoms with Crippen LogP contribution in [0.4, 0.5) is 0 Å². The third kappa shape index (κ3) is 5.20. The highest BCUT2D eigenvalue weighted by atomic mass is 35.5. The third-order valence-corrected chi connectivity index (χ3v) is 6.05. The van der Waals surface area contributed by atoms with Crippen molar-refractivity contribution in [2.45, 2.75) is 31.7 Å². The highest BCUT2D eigenvalue weighted by Crippen LogP contribution is 2.32. The second-order valence-electron chi connectivity index (χ2n) is 6.08. The number of methoxy groups -OCH3 is 1. The molecule has 7 heteroatoms. The number of sulfonamides is 1. The van der Waals surface area contributed by atoms with Crippen molar-refractivity contribution in [2.24, 2.45) is 5.73 Å². The van der Waals surface area contributed by atoms with Crippen molar-refractivity contribution in [3.63, 3.8) is 0 Å². The van der Waals surface area contributed by atoms with Crippen LogP contribution in [0.3, 0.4) is 0 Å². The molecule has 2 N–H and O–H groups in total. The first-order valence-corrected chi connectivity index (χ1v) is 9.73. The van der Waals surface area contributed by atoms with Gasteiger partial charge in [0.2, 0.25) is 10.0 Å². The molecule has 0 heterocycles. The van der Waals surface area contributed by atoms with E-state index in [0.717, 1.165) is 11.1 Å². The molecule has 0 fully saturated rings. The SMILES string of the molecule is COc1cc(C)cc(C)c1S(=O)(=O)N(CCCN)Cc1ccccc1.Cl. The van der Waals surface area contributed by atoms with Crippen LogP contribution in [0.2, 0.25) is 0 Å². The van der Waals surface area contributed by atoms with Crippen LogP contribution >= 0.6 is 12.4 Å². The number of benzene rings is 2. The summed E-state index contributed by atoms with van der Waals surface area (Å²) < 4.78 is 33.6. The lowest BCUT2D eigenvalue weighted by Crippen LogP contribution is -2.33. The minimum Gasteiger partial charge on any atom is -0.495 e. The number of hydrogen-bond acceptors (Lipinski definition) is 4. The van der Waals surface area contributed by atoms with Gasteiger partial charge >= 0.3 is 0 Å². The van der Waals surface area contributed by atoms with Crippen LogP contribution in [0.1, 0.15) is 23.1 Å². The Morgan fingerprint density at radius 1 is 1.12 bits per heavy atom. The van der Waals surface area contributed by atoms with Gasteiger partial charge in [-0.3, -0.25) is 0 Å². The van der Waals surface area contributed by atoms with Crippen molar-refractivity contribution in [1.82, 2.24) is 4.31 Å². The summed E-state index contributed by atoms with van der Waals surface area (Å²) in [4.78, 5) is 0.230. The molecule has 2 aromatic carbocycles. The fraction of sp³-hybridized carbons (Fsp3) is 0.368. The van der Waals surface area contributed by atoms with Crippen molar-refractivity contribution in [2.75, 3.05) is 20.2 Å². The quantitative estimate of drug-likeness (QED) is 0.740. The maximum atomic E-state index is 13.4. The molecule has 0 unspecified atom stereocenters. The number of hydrogen-bond donors (Lipinski definition) is 1. The second kappa shape index (κ2) is 9.92. The Balaban J connectivity index is 0.00000338.